The van der Waals surface area contributed by atoms with E-state index in [-0.39, 0.29) is 11.5 Å². The van der Waals surface area contributed by atoms with E-state index in [1.807, 2.05) is 6.08 Å². The number of nitrogens with zero attached hydrogens (tertiary/aromatic N) is 2. The van der Waals surface area contributed by atoms with Crippen LogP contribution in [0.2, 0.25) is 0 Å². The molecule has 5 rings (SSSR count). The van der Waals surface area contributed by atoms with Gasteiger partial charge < -0.3 is 10.2 Å². The molecule has 0 aliphatic carbocycles. The largest absolute Gasteiger partial charge is 0.508 e. The maximum atomic E-state index is 10.6. The molecular weight excluding hydrogens is 306 g/mol. The number of hydrogen-bond donors (Lipinski definition) is 4. The Kier molecular flexibility index (Phi) is 2.54. The fourth-order valence-electron chi connectivity index (χ4n) is 3.57. The molecule has 1 atom stereocenters. The topological polar surface area (TPSA) is 89.9 Å². The Balaban J connectivity index is 1.79. The molecule has 4 N–H and O–H groups in total. The fraction of sp³-hybridized carbons (Fsp3) is 0.111. The predicted octanol–water partition coefficient (Wildman–Crippen LogP) is 0.296. The van der Waals surface area contributed by atoms with Gasteiger partial charge in [-0.1, -0.05) is 0 Å². The normalized spacial score (nSPS) is 19.8. The lowest BCUT2D eigenvalue weighted by atomic mass is 9.96. The number of phenols is 2. The van der Waals surface area contributed by atoms with Crippen molar-refractivity contribution in [3.63, 3.8) is 0 Å². The number of nitrogens with one attached hydrogen (secondary N) is 1. The average molecular weight is 320 g/mol. The molecule has 0 saturated heterocycles. The SMILES string of the molecule is Oc1ccc(C2=Nc3c(O)c4c5c(c3=C2)[NH+](O)CCC5=CN=4)cc1. The number of hydrogen-bond acceptors (Lipinski definition) is 5. The van der Waals surface area contributed by atoms with Gasteiger partial charge in [0, 0.05) is 18.2 Å². The van der Waals surface area contributed by atoms with E-state index in [4.69, 9.17) is 0 Å². The predicted molar refractivity (Wildman–Crippen MR) is 87.5 cm³/mol. The zero-order chi connectivity index (χ0) is 16.4. The molecule has 0 aromatic heterocycles. The van der Waals surface area contributed by atoms with Gasteiger partial charge >= 0.3 is 0 Å². The summed E-state index contributed by atoms with van der Waals surface area (Å²) < 4.78 is 0. The molecule has 1 unspecified atom stereocenters. The monoisotopic (exact) mass is 320 g/mol. The van der Waals surface area contributed by atoms with Gasteiger partial charge in [-0.15, -0.1) is 0 Å². The van der Waals surface area contributed by atoms with Gasteiger partial charge in [0.05, 0.1) is 16.5 Å². The quantitative estimate of drug-likeness (QED) is 0.570. The van der Waals surface area contributed by atoms with Crippen molar-refractivity contribution in [3.8, 4) is 11.5 Å². The minimum atomic E-state index is 0.0507. The lowest BCUT2D eigenvalue weighted by molar-refractivity contribution is -1.03. The van der Waals surface area contributed by atoms with E-state index < -0.39 is 0 Å². The number of quaternary nitrogens is 1. The van der Waals surface area contributed by atoms with Gasteiger partial charge in [0.25, 0.3) is 0 Å². The van der Waals surface area contributed by atoms with Gasteiger partial charge in [0.1, 0.15) is 23.3 Å². The molecule has 6 nitrogen and oxygen atoms in total. The van der Waals surface area contributed by atoms with E-state index in [1.54, 1.807) is 30.5 Å². The molecular formula is C18H14N3O3+. The van der Waals surface area contributed by atoms with Crippen LogP contribution in [0.15, 0.2) is 40.5 Å². The van der Waals surface area contributed by atoms with Gasteiger partial charge in [0.15, 0.2) is 11.4 Å². The van der Waals surface area contributed by atoms with E-state index in [2.05, 4.69) is 9.98 Å². The fourth-order valence-corrected chi connectivity index (χ4v) is 3.57. The third-order valence-electron chi connectivity index (χ3n) is 4.73. The highest BCUT2D eigenvalue weighted by Crippen LogP contribution is 2.33. The molecule has 24 heavy (non-hydrogen) atoms. The van der Waals surface area contributed by atoms with Gasteiger partial charge in [-0.25, -0.2) is 10.2 Å². The Labute approximate surface area is 136 Å². The van der Waals surface area contributed by atoms with Crippen molar-refractivity contribution in [2.45, 2.75) is 6.42 Å². The number of aromatic hydroxyl groups is 2. The van der Waals surface area contributed by atoms with Crippen molar-refractivity contribution in [2.24, 2.45) is 9.98 Å². The molecule has 6 heteroatoms. The molecule has 3 heterocycles. The molecule has 0 fully saturated rings. The summed E-state index contributed by atoms with van der Waals surface area (Å²) >= 11 is 0. The highest BCUT2D eigenvalue weighted by Gasteiger charge is 2.34. The molecule has 118 valence electrons. The van der Waals surface area contributed by atoms with E-state index in [9.17, 15) is 15.4 Å². The van der Waals surface area contributed by atoms with E-state index >= 15 is 0 Å². The summed E-state index contributed by atoms with van der Waals surface area (Å²) in [4.78, 5) is 8.86. The minimum absolute atomic E-state index is 0.0507. The molecule has 0 saturated carbocycles. The summed E-state index contributed by atoms with van der Waals surface area (Å²) in [5.41, 5.74) is 4.56. The third kappa shape index (κ3) is 1.66. The molecule has 0 amide bonds. The molecule has 0 spiro atoms. The van der Waals surface area contributed by atoms with Gasteiger partial charge in [-0.3, -0.25) is 4.99 Å². The lowest BCUT2D eigenvalue weighted by Crippen LogP contribution is -3.06. The number of hydroxylamine groups is 1. The minimum Gasteiger partial charge on any atom is -0.508 e. The molecule has 2 aromatic carbocycles. The Morgan fingerprint density at radius 1 is 1.08 bits per heavy atom. The molecule has 3 aliphatic rings. The van der Waals surface area contributed by atoms with Gasteiger partial charge in [-0.05, 0) is 35.9 Å². The van der Waals surface area contributed by atoms with Crippen molar-refractivity contribution in [1.82, 2.24) is 0 Å². The van der Waals surface area contributed by atoms with Crippen LogP contribution in [0.4, 0.5) is 11.4 Å². The van der Waals surface area contributed by atoms with Crippen LogP contribution in [-0.2, 0) is 0 Å². The number of phenolic OH excluding ortho intramolecular Hbond substituents is 2. The highest BCUT2D eigenvalue weighted by atomic mass is 16.5. The summed E-state index contributed by atoms with van der Waals surface area (Å²) in [5.74, 6) is 0.237. The van der Waals surface area contributed by atoms with E-state index in [1.165, 1.54) is 0 Å². The number of rotatable bonds is 1. The summed E-state index contributed by atoms with van der Waals surface area (Å²) in [7, 11) is 0. The maximum Gasteiger partial charge on any atom is 0.183 e. The lowest BCUT2D eigenvalue weighted by Gasteiger charge is -2.20. The third-order valence-corrected chi connectivity index (χ3v) is 4.73. The van der Waals surface area contributed by atoms with Crippen LogP contribution in [0.1, 0.15) is 17.5 Å². The number of aliphatic imine (C=N–C) groups is 1. The molecule has 3 aliphatic heterocycles. The van der Waals surface area contributed by atoms with Gasteiger partial charge in [0.2, 0.25) is 0 Å². The van der Waals surface area contributed by atoms with Crippen LogP contribution in [0.25, 0.3) is 11.6 Å². The first-order chi connectivity index (χ1) is 11.6. The molecule has 2 aromatic rings. The van der Waals surface area contributed by atoms with E-state index in [0.29, 0.717) is 28.4 Å². The molecule has 0 radical (unpaired) electrons. The van der Waals surface area contributed by atoms with Crippen molar-refractivity contribution in [2.75, 3.05) is 6.54 Å². The van der Waals surface area contributed by atoms with Crippen LogP contribution in [-0.4, -0.2) is 27.7 Å². The average Bonchev–Trinajstić information content (AvgIpc) is 3.19. The summed E-state index contributed by atoms with van der Waals surface area (Å²) in [6.45, 7) is 0.563. The zero-order valence-electron chi connectivity index (χ0n) is 12.6. The Morgan fingerprint density at radius 3 is 2.67 bits per heavy atom. The first kappa shape index (κ1) is 13.5. The van der Waals surface area contributed by atoms with Crippen LogP contribution >= 0.6 is 0 Å². The first-order valence-electron chi connectivity index (χ1n) is 7.74. The summed E-state index contributed by atoms with van der Waals surface area (Å²) in [6.07, 6.45) is 4.36. The highest BCUT2D eigenvalue weighted by molar-refractivity contribution is 6.24. The van der Waals surface area contributed by atoms with Crippen LogP contribution in [0, 0.1) is 0 Å². The van der Waals surface area contributed by atoms with Crippen molar-refractivity contribution < 1.29 is 20.5 Å². The van der Waals surface area contributed by atoms with Crippen molar-refractivity contribution >= 4 is 28.7 Å². The zero-order valence-corrected chi connectivity index (χ0v) is 12.6. The van der Waals surface area contributed by atoms with Gasteiger partial charge in [-0.2, -0.15) is 5.06 Å². The summed E-state index contributed by atoms with van der Waals surface area (Å²) in [6, 6.07) is 6.73. The maximum absolute atomic E-state index is 10.6. The van der Waals surface area contributed by atoms with Crippen LogP contribution in [0.3, 0.4) is 0 Å². The van der Waals surface area contributed by atoms with Crippen molar-refractivity contribution in [1.29, 1.82) is 0 Å². The van der Waals surface area contributed by atoms with Crippen LogP contribution in [0.5, 0.6) is 11.5 Å². The summed E-state index contributed by atoms with van der Waals surface area (Å²) in [5, 5.41) is 32.0. The second-order valence-corrected chi connectivity index (χ2v) is 6.13. The first-order valence-corrected chi connectivity index (χ1v) is 7.74. The smallest absolute Gasteiger partial charge is 0.183 e. The Hall–Kier alpha value is -2.96. The second-order valence-electron chi connectivity index (χ2n) is 6.13. The van der Waals surface area contributed by atoms with E-state index in [0.717, 1.165) is 34.0 Å². The standard InChI is InChI=1S/C18H13N3O3/c22-11-3-1-9(2-4-11)13-7-12-15(20-13)18(23)16-14-10(8-19-16)5-6-21(24)17(12)14/h1-4,7-8,22-24H,5-6H2/p+1. The number of fused-ring (bicyclic) bond motifs is 2. The Bertz CT molecular complexity index is 1080. The van der Waals surface area contributed by atoms with Crippen LogP contribution < -0.4 is 15.6 Å². The number of benzene rings is 2. The molecule has 0 bridgehead atoms. The Morgan fingerprint density at radius 2 is 1.88 bits per heavy atom. The van der Waals surface area contributed by atoms with Crippen molar-refractivity contribution in [3.05, 3.63) is 52.2 Å². The second kappa shape index (κ2) is 4.53.